The molecule has 0 saturated carbocycles. The first-order valence-corrected chi connectivity index (χ1v) is 5.80. The Hall–Kier alpha value is -1.36. The van der Waals surface area contributed by atoms with Gasteiger partial charge in [0, 0.05) is 29.1 Å². The Morgan fingerprint density at radius 3 is 2.94 bits per heavy atom. The fourth-order valence-electron chi connectivity index (χ4n) is 2.45. The number of nitrogens with one attached hydrogen (secondary N) is 1. The normalized spacial score (nSPS) is 28.9. The third-order valence-corrected chi connectivity index (χ3v) is 3.37. The molecule has 0 amide bonds. The van der Waals surface area contributed by atoms with Crippen LogP contribution in [0, 0.1) is 0 Å². The Morgan fingerprint density at radius 2 is 2.18 bits per heavy atom. The lowest BCUT2D eigenvalue weighted by atomic mass is 10.0. The third kappa shape index (κ3) is 1.74. The predicted molar refractivity (Wildman–Crippen MR) is 63.6 cm³/mol. The van der Waals surface area contributed by atoms with Crippen molar-refractivity contribution in [3.8, 4) is 0 Å². The lowest BCUT2D eigenvalue weighted by molar-refractivity contribution is -0.0222. The number of aromatic nitrogens is 1. The summed E-state index contributed by atoms with van der Waals surface area (Å²) in [5.41, 5.74) is 2.11. The minimum atomic E-state index is -0.585. The quantitative estimate of drug-likeness (QED) is 0.733. The summed E-state index contributed by atoms with van der Waals surface area (Å²) in [4.78, 5) is 3.19. The number of aromatic amines is 1. The van der Waals surface area contributed by atoms with Gasteiger partial charge in [0.05, 0.1) is 18.8 Å². The predicted octanol–water partition coefficient (Wildman–Crippen LogP) is 1.35. The molecule has 4 nitrogen and oxygen atoms in total. The van der Waals surface area contributed by atoms with Gasteiger partial charge in [0.1, 0.15) is 6.10 Å². The number of para-hydroxylation sites is 1. The molecule has 4 heteroatoms. The first-order valence-electron chi connectivity index (χ1n) is 5.80. The van der Waals surface area contributed by atoms with Crippen LogP contribution in [0.15, 0.2) is 30.5 Å². The van der Waals surface area contributed by atoms with Crippen LogP contribution in [0.5, 0.6) is 0 Å². The second-order valence-corrected chi connectivity index (χ2v) is 4.44. The molecule has 1 aliphatic rings. The molecule has 1 fully saturated rings. The van der Waals surface area contributed by atoms with E-state index in [9.17, 15) is 5.11 Å². The second kappa shape index (κ2) is 4.14. The van der Waals surface area contributed by atoms with Crippen LogP contribution in [0.2, 0.25) is 0 Å². The van der Waals surface area contributed by atoms with Gasteiger partial charge in [-0.1, -0.05) is 18.2 Å². The summed E-state index contributed by atoms with van der Waals surface area (Å²) in [5, 5.41) is 19.9. The molecule has 0 radical (unpaired) electrons. The molecule has 90 valence electrons. The van der Waals surface area contributed by atoms with Crippen LogP contribution in [0.4, 0.5) is 0 Å². The third-order valence-electron chi connectivity index (χ3n) is 3.37. The van der Waals surface area contributed by atoms with Crippen LogP contribution >= 0.6 is 0 Å². The lowest BCUT2D eigenvalue weighted by Crippen LogP contribution is -2.24. The van der Waals surface area contributed by atoms with Gasteiger partial charge in [-0.05, 0) is 6.07 Å². The molecule has 1 unspecified atom stereocenters. The molecule has 3 N–H and O–H groups in total. The van der Waals surface area contributed by atoms with Crippen molar-refractivity contribution >= 4 is 10.9 Å². The molecule has 17 heavy (non-hydrogen) atoms. The Balaban J connectivity index is 1.95. The maximum absolute atomic E-state index is 9.74. The van der Waals surface area contributed by atoms with Crippen molar-refractivity contribution in [3.05, 3.63) is 36.0 Å². The van der Waals surface area contributed by atoms with Gasteiger partial charge in [0.15, 0.2) is 0 Å². The fraction of sp³-hybridized carbons (Fsp3) is 0.385. The van der Waals surface area contributed by atoms with Crippen molar-refractivity contribution < 1.29 is 14.9 Å². The lowest BCUT2D eigenvalue weighted by Gasteiger charge is -2.11. The van der Waals surface area contributed by atoms with E-state index in [1.807, 2.05) is 30.5 Å². The average Bonchev–Trinajstić information content (AvgIpc) is 2.92. The number of H-pyrrole nitrogens is 1. The number of fused-ring (bicyclic) bond motifs is 1. The largest absolute Gasteiger partial charge is 0.394 e. The summed E-state index contributed by atoms with van der Waals surface area (Å²) in [6, 6.07) is 8.00. The fourth-order valence-corrected chi connectivity index (χ4v) is 2.45. The van der Waals surface area contributed by atoms with E-state index in [1.165, 1.54) is 0 Å². The van der Waals surface area contributed by atoms with E-state index >= 15 is 0 Å². The number of hydrogen-bond donors (Lipinski definition) is 3. The van der Waals surface area contributed by atoms with E-state index in [0.29, 0.717) is 6.42 Å². The topological polar surface area (TPSA) is 65.5 Å². The Morgan fingerprint density at radius 1 is 1.35 bits per heavy atom. The zero-order chi connectivity index (χ0) is 11.8. The zero-order valence-corrected chi connectivity index (χ0v) is 9.34. The molecular weight excluding hydrogens is 218 g/mol. The first-order chi connectivity index (χ1) is 8.29. The molecule has 2 aromatic rings. The maximum Gasteiger partial charge on any atom is 0.107 e. The number of aliphatic hydroxyl groups is 2. The SMILES string of the molecule is OC[C@H]1OC(c2c[nH]c3ccccc23)C[C@@H]1O. The van der Waals surface area contributed by atoms with E-state index in [1.54, 1.807) is 0 Å². The van der Waals surface area contributed by atoms with E-state index in [-0.39, 0.29) is 12.7 Å². The number of ether oxygens (including phenoxy) is 1. The minimum Gasteiger partial charge on any atom is -0.394 e. The van der Waals surface area contributed by atoms with Gasteiger partial charge in [0.2, 0.25) is 0 Å². The van der Waals surface area contributed by atoms with Gasteiger partial charge in [0.25, 0.3) is 0 Å². The molecule has 2 heterocycles. The minimum absolute atomic E-state index is 0.139. The summed E-state index contributed by atoms with van der Waals surface area (Å²) < 4.78 is 5.66. The molecular formula is C13H15NO3. The van der Waals surface area contributed by atoms with Gasteiger partial charge in [-0.3, -0.25) is 0 Å². The highest BCUT2D eigenvalue weighted by Gasteiger charge is 2.35. The van der Waals surface area contributed by atoms with Crippen LogP contribution in [-0.4, -0.2) is 34.0 Å². The summed E-state index contributed by atoms with van der Waals surface area (Å²) in [6.07, 6.45) is 1.26. The van der Waals surface area contributed by atoms with Crippen molar-refractivity contribution in [2.24, 2.45) is 0 Å². The smallest absolute Gasteiger partial charge is 0.107 e. The Bertz CT molecular complexity index is 522. The first kappa shape index (κ1) is 10.8. The van der Waals surface area contributed by atoms with Crippen molar-refractivity contribution in [2.45, 2.75) is 24.7 Å². The van der Waals surface area contributed by atoms with Gasteiger partial charge in [-0.25, -0.2) is 0 Å². The highest BCUT2D eigenvalue weighted by Crippen LogP contribution is 2.36. The number of hydrogen-bond acceptors (Lipinski definition) is 3. The van der Waals surface area contributed by atoms with E-state index in [0.717, 1.165) is 16.5 Å². The molecule has 1 aliphatic heterocycles. The van der Waals surface area contributed by atoms with Crippen LogP contribution in [0.3, 0.4) is 0 Å². The number of benzene rings is 1. The molecule has 0 aliphatic carbocycles. The molecule has 1 aromatic heterocycles. The maximum atomic E-state index is 9.74. The van der Waals surface area contributed by atoms with Crippen molar-refractivity contribution in [2.75, 3.05) is 6.61 Å². The van der Waals surface area contributed by atoms with E-state index in [2.05, 4.69) is 4.98 Å². The van der Waals surface area contributed by atoms with Gasteiger partial charge in [-0.15, -0.1) is 0 Å². The van der Waals surface area contributed by atoms with E-state index in [4.69, 9.17) is 9.84 Å². The van der Waals surface area contributed by atoms with Crippen LogP contribution in [0.25, 0.3) is 10.9 Å². The van der Waals surface area contributed by atoms with E-state index < -0.39 is 12.2 Å². The van der Waals surface area contributed by atoms with Gasteiger partial charge < -0.3 is 19.9 Å². The van der Waals surface area contributed by atoms with Gasteiger partial charge >= 0.3 is 0 Å². The summed E-state index contributed by atoms with van der Waals surface area (Å²) in [6.45, 7) is -0.139. The summed E-state index contributed by atoms with van der Waals surface area (Å²) in [7, 11) is 0. The average molecular weight is 233 g/mol. The highest BCUT2D eigenvalue weighted by atomic mass is 16.5. The van der Waals surface area contributed by atoms with Crippen molar-refractivity contribution in [3.63, 3.8) is 0 Å². The monoisotopic (exact) mass is 233 g/mol. The van der Waals surface area contributed by atoms with Crippen LogP contribution in [-0.2, 0) is 4.74 Å². The zero-order valence-electron chi connectivity index (χ0n) is 9.34. The summed E-state index contributed by atoms with van der Waals surface area (Å²) >= 11 is 0. The molecule has 0 spiro atoms. The summed E-state index contributed by atoms with van der Waals surface area (Å²) in [5.74, 6) is 0. The van der Waals surface area contributed by atoms with Crippen LogP contribution in [0.1, 0.15) is 18.1 Å². The molecule has 1 aromatic carbocycles. The van der Waals surface area contributed by atoms with Crippen molar-refractivity contribution in [1.82, 2.24) is 4.98 Å². The Kier molecular flexibility index (Phi) is 2.63. The molecule has 0 bridgehead atoms. The molecule has 3 rings (SSSR count). The standard InChI is InChI=1S/C13H15NO3/c15-7-13-11(16)5-12(17-13)9-6-14-10-4-2-1-3-8(9)10/h1-4,6,11-16H,5,7H2/t11-,12?,13+/m0/s1. The van der Waals surface area contributed by atoms with Crippen molar-refractivity contribution in [1.29, 1.82) is 0 Å². The highest BCUT2D eigenvalue weighted by molar-refractivity contribution is 5.83. The molecule has 3 atom stereocenters. The number of rotatable bonds is 2. The second-order valence-electron chi connectivity index (χ2n) is 4.44. The van der Waals surface area contributed by atoms with Crippen LogP contribution < -0.4 is 0 Å². The number of aliphatic hydroxyl groups excluding tert-OH is 2. The van der Waals surface area contributed by atoms with Gasteiger partial charge in [-0.2, -0.15) is 0 Å². The molecule has 1 saturated heterocycles. The Labute approximate surface area is 98.8 Å².